The van der Waals surface area contributed by atoms with E-state index >= 15 is 0 Å². The predicted molar refractivity (Wildman–Crippen MR) is 71.6 cm³/mol. The minimum Gasteiger partial charge on any atom is -0.381 e. The van der Waals surface area contributed by atoms with Crippen molar-refractivity contribution >= 4 is 5.82 Å². The second kappa shape index (κ2) is 7.34. The van der Waals surface area contributed by atoms with Crippen LogP contribution in [-0.4, -0.2) is 31.3 Å². The molecule has 1 fully saturated rings. The number of hydrogen-bond donors (Lipinski definition) is 1. The fourth-order valence-corrected chi connectivity index (χ4v) is 2.08. The maximum Gasteiger partial charge on any atom is 0.126 e. The van der Waals surface area contributed by atoms with Gasteiger partial charge in [-0.3, -0.25) is 0 Å². The van der Waals surface area contributed by atoms with Gasteiger partial charge < -0.3 is 14.8 Å². The number of nitrogens with zero attached hydrogens (tertiary/aromatic N) is 1. The number of aromatic nitrogens is 1. The average Bonchev–Trinajstić information content (AvgIpc) is 2.41. The molecule has 1 aliphatic rings. The van der Waals surface area contributed by atoms with Crippen LogP contribution in [0, 0.1) is 5.92 Å². The van der Waals surface area contributed by atoms with Gasteiger partial charge in [-0.2, -0.15) is 0 Å². The van der Waals surface area contributed by atoms with E-state index in [-0.39, 0.29) is 0 Å². The molecule has 0 amide bonds. The lowest BCUT2D eigenvalue weighted by Crippen LogP contribution is -2.20. The van der Waals surface area contributed by atoms with E-state index < -0.39 is 0 Å². The number of anilines is 1. The Bertz CT molecular complexity index is 351. The van der Waals surface area contributed by atoms with Crippen molar-refractivity contribution in [1.29, 1.82) is 0 Å². The Morgan fingerprint density at radius 3 is 3.00 bits per heavy atom. The molecule has 2 rings (SSSR count). The summed E-state index contributed by atoms with van der Waals surface area (Å²) in [4.78, 5) is 4.48. The molecule has 0 saturated carbocycles. The first kappa shape index (κ1) is 13.3. The Labute approximate surface area is 109 Å². The standard InChI is InChI=1S/C14H22N2O2/c1-2-15-14-5-3-4-13(16-14)11-18-10-12-6-8-17-9-7-12/h3-5,12H,2,6-11H2,1H3,(H,15,16). The largest absolute Gasteiger partial charge is 0.381 e. The van der Waals surface area contributed by atoms with E-state index in [0.29, 0.717) is 12.5 Å². The van der Waals surface area contributed by atoms with Crippen LogP contribution in [0.15, 0.2) is 18.2 Å². The third kappa shape index (κ3) is 4.27. The van der Waals surface area contributed by atoms with E-state index in [0.717, 1.165) is 50.7 Å². The van der Waals surface area contributed by atoms with Crippen molar-refractivity contribution in [2.45, 2.75) is 26.4 Å². The van der Waals surface area contributed by atoms with E-state index in [1.54, 1.807) is 0 Å². The summed E-state index contributed by atoms with van der Waals surface area (Å²) in [6, 6.07) is 5.99. The Kier molecular flexibility index (Phi) is 5.42. The molecule has 1 aromatic rings. The SMILES string of the molecule is CCNc1cccc(COCC2CCOCC2)n1. The molecule has 2 heterocycles. The molecule has 4 heteroatoms. The Hall–Kier alpha value is -1.13. The fourth-order valence-electron chi connectivity index (χ4n) is 2.08. The molecule has 4 nitrogen and oxygen atoms in total. The maximum absolute atomic E-state index is 5.75. The summed E-state index contributed by atoms with van der Waals surface area (Å²) in [7, 11) is 0. The molecule has 0 radical (unpaired) electrons. The molecule has 0 spiro atoms. The van der Waals surface area contributed by atoms with Crippen LogP contribution < -0.4 is 5.32 Å². The molecular weight excluding hydrogens is 228 g/mol. The molecule has 0 unspecified atom stereocenters. The Morgan fingerprint density at radius 2 is 2.22 bits per heavy atom. The highest BCUT2D eigenvalue weighted by atomic mass is 16.5. The van der Waals surface area contributed by atoms with Crippen LogP contribution in [0.2, 0.25) is 0 Å². The van der Waals surface area contributed by atoms with Crippen molar-refractivity contribution in [1.82, 2.24) is 4.98 Å². The topological polar surface area (TPSA) is 43.4 Å². The third-order valence-electron chi connectivity index (χ3n) is 3.11. The molecule has 1 N–H and O–H groups in total. The number of pyridine rings is 1. The minimum atomic E-state index is 0.594. The second-order valence-corrected chi connectivity index (χ2v) is 4.62. The van der Waals surface area contributed by atoms with Gasteiger partial charge in [-0.05, 0) is 37.8 Å². The summed E-state index contributed by atoms with van der Waals surface area (Å²) in [5.74, 6) is 1.57. The van der Waals surface area contributed by atoms with E-state index in [2.05, 4.69) is 17.2 Å². The highest BCUT2D eigenvalue weighted by Crippen LogP contribution is 2.15. The number of hydrogen-bond acceptors (Lipinski definition) is 4. The van der Waals surface area contributed by atoms with Gasteiger partial charge in [0.15, 0.2) is 0 Å². The predicted octanol–water partition coefficient (Wildman–Crippen LogP) is 2.46. The first-order valence-electron chi connectivity index (χ1n) is 6.73. The van der Waals surface area contributed by atoms with E-state index in [1.165, 1.54) is 0 Å². The summed E-state index contributed by atoms with van der Waals surface area (Å²) < 4.78 is 11.1. The van der Waals surface area contributed by atoms with Crippen molar-refractivity contribution in [2.24, 2.45) is 5.92 Å². The molecule has 1 saturated heterocycles. The van der Waals surface area contributed by atoms with Gasteiger partial charge in [0.25, 0.3) is 0 Å². The normalized spacial score (nSPS) is 16.7. The number of ether oxygens (including phenoxy) is 2. The van der Waals surface area contributed by atoms with Crippen molar-refractivity contribution in [3.63, 3.8) is 0 Å². The molecule has 0 atom stereocenters. The van der Waals surface area contributed by atoms with Crippen LogP contribution in [0.5, 0.6) is 0 Å². The van der Waals surface area contributed by atoms with E-state index in [9.17, 15) is 0 Å². The summed E-state index contributed by atoms with van der Waals surface area (Å²) in [6.45, 7) is 6.12. The van der Waals surface area contributed by atoms with Gasteiger partial charge in [0.05, 0.1) is 18.9 Å². The Balaban J connectivity index is 1.73. The quantitative estimate of drug-likeness (QED) is 0.842. The lowest BCUT2D eigenvalue weighted by Gasteiger charge is -2.21. The van der Waals surface area contributed by atoms with E-state index in [4.69, 9.17) is 9.47 Å². The summed E-state index contributed by atoms with van der Waals surface area (Å²) in [5, 5.41) is 3.20. The van der Waals surface area contributed by atoms with Crippen LogP contribution in [0.3, 0.4) is 0 Å². The fraction of sp³-hybridized carbons (Fsp3) is 0.643. The van der Waals surface area contributed by atoms with Crippen molar-refractivity contribution in [3.05, 3.63) is 23.9 Å². The highest BCUT2D eigenvalue weighted by Gasteiger charge is 2.13. The van der Waals surface area contributed by atoms with Gasteiger partial charge in [0, 0.05) is 19.8 Å². The van der Waals surface area contributed by atoms with Crippen LogP contribution in [-0.2, 0) is 16.1 Å². The van der Waals surface area contributed by atoms with Crippen LogP contribution in [0.4, 0.5) is 5.82 Å². The first-order chi connectivity index (χ1) is 8.88. The molecule has 1 aromatic heterocycles. The average molecular weight is 250 g/mol. The molecule has 0 aliphatic carbocycles. The highest BCUT2D eigenvalue weighted by molar-refractivity contribution is 5.34. The van der Waals surface area contributed by atoms with Crippen molar-refractivity contribution in [2.75, 3.05) is 31.7 Å². The third-order valence-corrected chi connectivity index (χ3v) is 3.11. The summed E-state index contributed by atoms with van der Waals surface area (Å²) in [5.41, 5.74) is 0.987. The molecule has 0 aromatic carbocycles. The van der Waals surface area contributed by atoms with Gasteiger partial charge in [0.2, 0.25) is 0 Å². The van der Waals surface area contributed by atoms with Gasteiger partial charge in [-0.25, -0.2) is 4.98 Å². The zero-order chi connectivity index (χ0) is 12.6. The van der Waals surface area contributed by atoms with Gasteiger partial charge >= 0.3 is 0 Å². The minimum absolute atomic E-state index is 0.594. The number of nitrogens with one attached hydrogen (secondary N) is 1. The van der Waals surface area contributed by atoms with E-state index in [1.807, 2.05) is 18.2 Å². The molecule has 0 bridgehead atoms. The first-order valence-corrected chi connectivity index (χ1v) is 6.73. The van der Waals surface area contributed by atoms with Crippen molar-refractivity contribution < 1.29 is 9.47 Å². The monoisotopic (exact) mass is 250 g/mol. The summed E-state index contributed by atoms with van der Waals surface area (Å²) >= 11 is 0. The van der Waals surface area contributed by atoms with Gasteiger partial charge in [-0.1, -0.05) is 6.07 Å². The molecule has 18 heavy (non-hydrogen) atoms. The smallest absolute Gasteiger partial charge is 0.126 e. The lowest BCUT2D eigenvalue weighted by molar-refractivity contribution is 0.0150. The lowest BCUT2D eigenvalue weighted by atomic mass is 10.0. The van der Waals surface area contributed by atoms with Crippen LogP contribution >= 0.6 is 0 Å². The van der Waals surface area contributed by atoms with Gasteiger partial charge in [0.1, 0.15) is 5.82 Å². The van der Waals surface area contributed by atoms with Gasteiger partial charge in [-0.15, -0.1) is 0 Å². The second-order valence-electron chi connectivity index (χ2n) is 4.62. The van der Waals surface area contributed by atoms with Crippen LogP contribution in [0.1, 0.15) is 25.5 Å². The molecule has 100 valence electrons. The molecular formula is C14H22N2O2. The zero-order valence-corrected chi connectivity index (χ0v) is 11.0. The van der Waals surface area contributed by atoms with Crippen molar-refractivity contribution in [3.8, 4) is 0 Å². The van der Waals surface area contributed by atoms with Crippen LogP contribution in [0.25, 0.3) is 0 Å². The zero-order valence-electron chi connectivity index (χ0n) is 11.0. The summed E-state index contributed by atoms with van der Waals surface area (Å²) in [6.07, 6.45) is 2.23. The maximum atomic E-state index is 5.75. The molecule has 1 aliphatic heterocycles. The Morgan fingerprint density at radius 1 is 1.39 bits per heavy atom. The number of rotatable bonds is 6.